The van der Waals surface area contributed by atoms with Crippen LogP contribution in [0.25, 0.3) is 0 Å². The lowest BCUT2D eigenvalue weighted by Crippen LogP contribution is -2.56. The van der Waals surface area contributed by atoms with E-state index in [1.165, 1.54) is 0 Å². The highest BCUT2D eigenvalue weighted by Gasteiger charge is 2.49. The lowest BCUT2D eigenvalue weighted by atomic mass is 9.85. The van der Waals surface area contributed by atoms with Crippen LogP contribution in [0.3, 0.4) is 0 Å². The molecule has 0 spiro atoms. The van der Waals surface area contributed by atoms with E-state index in [0.717, 1.165) is 0 Å². The summed E-state index contributed by atoms with van der Waals surface area (Å²) < 4.78 is 0. The number of Topliss-reactive ketones (excluding diaryl/α,β-unsaturated/α-hetero) is 2. The van der Waals surface area contributed by atoms with Gasteiger partial charge in [-0.1, -0.05) is 37.6 Å². The van der Waals surface area contributed by atoms with Gasteiger partial charge in [0.1, 0.15) is 5.54 Å². The highest BCUT2D eigenvalue weighted by molar-refractivity contribution is 6.30. The van der Waals surface area contributed by atoms with Crippen molar-refractivity contribution in [2.24, 2.45) is 0 Å². The normalized spacial score (nSPS) is 21.5. The Morgan fingerprint density at radius 2 is 2.00 bits per heavy atom. The molecule has 2 rings (SSSR count). The topological polar surface area (TPSA) is 66.4 Å². The molecule has 2 unspecified atom stereocenters. The molecule has 0 bridgehead atoms. The van der Waals surface area contributed by atoms with E-state index in [-0.39, 0.29) is 17.6 Å². The van der Waals surface area contributed by atoms with E-state index in [4.69, 9.17) is 11.6 Å². The average molecular weight is 324 g/mol. The molecule has 0 aliphatic carbocycles. The third kappa shape index (κ3) is 3.09. The van der Waals surface area contributed by atoms with Gasteiger partial charge in [-0.2, -0.15) is 0 Å². The first-order chi connectivity index (χ1) is 10.4. The molecule has 1 heterocycles. The number of aliphatic hydroxyl groups excluding tert-OH is 1. The summed E-state index contributed by atoms with van der Waals surface area (Å²) in [6, 6.07) is 6.69. The fraction of sp³-hybridized carbons (Fsp3) is 0.529. The molecule has 1 saturated heterocycles. The highest BCUT2D eigenvalue weighted by atomic mass is 35.5. The molecule has 0 saturated carbocycles. The molecule has 2 N–H and O–H groups in total. The average Bonchev–Trinajstić information content (AvgIpc) is 2.99. The maximum Gasteiger partial charge on any atom is 0.160 e. The second kappa shape index (κ2) is 6.90. The second-order valence-corrected chi connectivity index (χ2v) is 6.18. The molecule has 0 amide bonds. The zero-order valence-electron chi connectivity index (χ0n) is 12.9. The van der Waals surface area contributed by atoms with E-state index in [1.807, 2.05) is 0 Å². The Morgan fingerprint density at radius 1 is 1.36 bits per heavy atom. The molecule has 0 aromatic heterocycles. The van der Waals surface area contributed by atoms with Crippen molar-refractivity contribution in [1.82, 2.24) is 5.32 Å². The first-order valence-electron chi connectivity index (χ1n) is 7.72. The molecule has 1 aliphatic rings. The fourth-order valence-electron chi connectivity index (χ4n) is 3.19. The van der Waals surface area contributed by atoms with Crippen LogP contribution in [0.5, 0.6) is 0 Å². The van der Waals surface area contributed by atoms with Crippen LogP contribution in [0.1, 0.15) is 51.2 Å². The Kier molecular flexibility index (Phi) is 5.37. The van der Waals surface area contributed by atoms with Crippen LogP contribution in [0.2, 0.25) is 5.02 Å². The first kappa shape index (κ1) is 17.1. The van der Waals surface area contributed by atoms with Crippen molar-refractivity contribution < 1.29 is 14.7 Å². The second-order valence-electron chi connectivity index (χ2n) is 5.75. The summed E-state index contributed by atoms with van der Waals surface area (Å²) in [7, 11) is 0. The van der Waals surface area contributed by atoms with Gasteiger partial charge in [-0.3, -0.25) is 14.9 Å². The summed E-state index contributed by atoms with van der Waals surface area (Å²) in [5, 5.41) is 14.2. The quantitative estimate of drug-likeness (QED) is 0.790. The molecule has 1 aliphatic heterocycles. The summed E-state index contributed by atoms with van der Waals surface area (Å²) in [6.07, 6.45) is 0.826. The predicted octanol–water partition coefficient (Wildman–Crippen LogP) is 2.82. The lowest BCUT2D eigenvalue weighted by Gasteiger charge is -2.28. The maximum absolute atomic E-state index is 12.3. The Labute approximate surface area is 135 Å². The number of aliphatic hydroxyl groups is 1. The van der Waals surface area contributed by atoms with Gasteiger partial charge in [0.15, 0.2) is 11.6 Å². The molecule has 5 heteroatoms. The van der Waals surface area contributed by atoms with Crippen molar-refractivity contribution >= 4 is 23.2 Å². The van der Waals surface area contributed by atoms with Crippen LogP contribution in [0, 0.1) is 0 Å². The van der Waals surface area contributed by atoms with E-state index >= 15 is 0 Å². The van der Waals surface area contributed by atoms with Gasteiger partial charge in [0.05, 0.1) is 6.10 Å². The predicted molar refractivity (Wildman–Crippen MR) is 85.9 cm³/mol. The minimum Gasteiger partial charge on any atom is -0.387 e. The Bertz CT molecular complexity index is 557. The summed E-state index contributed by atoms with van der Waals surface area (Å²) in [4.78, 5) is 24.6. The molecule has 1 aromatic carbocycles. The van der Waals surface area contributed by atoms with Crippen molar-refractivity contribution in [2.45, 2.75) is 57.2 Å². The van der Waals surface area contributed by atoms with Crippen LogP contribution in [-0.2, 0) is 9.59 Å². The third-order valence-corrected chi connectivity index (χ3v) is 4.66. The zero-order valence-corrected chi connectivity index (χ0v) is 13.7. The van der Waals surface area contributed by atoms with Gasteiger partial charge in [-0.25, -0.2) is 0 Å². The largest absolute Gasteiger partial charge is 0.387 e. The number of carbonyl (C=O) groups is 2. The van der Waals surface area contributed by atoms with Crippen molar-refractivity contribution in [3.05, 3.63) is 34.9 Å². The number of carbonyl (C=O) groups excluding carboxylic acids is 2. The number of halogens is 1. The molecular formula is C17H22ClNO3. The lowest BCUT2D eigenvalue weighted by molar-refractivity contribution is -0.135. The highest BCUT2D eigenvalue weighted by Crippen LogP contribution is 2.34. The Balaban J connectivity index is 2.22. The minimum absolute atomic E-state index is 0.0971. The van der Waals surface area contributed by atoms with Crippen LogP contribution in [0.4, 0.5) is 0 Å². The van der Waals surface area contributed by atoms with E-state index in [1.54, 1.807) is 38.1 Å². The standard InChI is InChI=1S/C17H22ClNO3/c1-3-14(20)17(15(21)4-2)9-8-13(19-17)16(22)11-6-5-7-12(18)10-11/h5-7,10,13,16,19,22H,3-4,8-9H2,1-2H3. The third-order valence-electron chi connectivity index (χ3n) is 4.43. The first-order valence-corrected chi connectivity index (χ1v) is 8.10. The van der Waals surface area contributed by atoms with E-state index in [9.17, 15) is 14.7 Å². The van der Waals surface area contributed by atoms with Gasteiger partial charge >= 0.3 is 0 Å². The number of rotatable bonds is 6. The van der Waals surface area contributed by atoms with Gasteiger partial charge in [0, 0.05) is 23.9 Å². The summed E-state index contributed by atoms with van der Waals surface area (Å²) >= 11 is 5.96. The van der Waals surface area contributed by atoms with Gasteiger partial charge in [0.25, 0.3) is 0 Å². The molecule has 4 nitrogen and oxygen atoms in total. The van der Waals surface area contributed by atoms with Crippen molar-refractivity contribution in [2.75, 3.05) is 0 Å². The fourth-order valence-corrected chi connectivity index (χ4v) is 3.39. The molecule has 1 fully saturated rings. The monoisotopic (exact) mass is 323 g/mol. The Hall–Kier alpha value is -1.23. The molecular weight excluding hydrogens is 302 g/mol. The summed E-state index contributed by atoms with van der Waals surface area (Å²) in [6.45, 7) is 3.52. The summed E-state index contributed by atoms with van der Waals surface area (Å²) in [5.74, 6) is -0.194. The molecule has 1 aromatic rings. The maximum atomic E-state index is 12.3. The van der Waals surface area contributed by atoms with Crippen LogP contribution in [-0.4, -0.2) is 28.3 Å². The van der Waals surface area contributed by atoms with Gasteiger partial charge in [0.2, 0.25) is 0 Å². The van der Waals surface area contributed by atoms with Crippen molar-refractivity contribution in [3.63, 3.8) is 0 Å². The number of hydrogen-bond donors (Lipinski definition) is 2. The van der Waals surface area contributed by atoms with Gasteiger partial charge < -0.3 is 5.11 Å². The smallest absolute Gasteiger partial charge is 0.160 e. The minimum atomic E-state index is -1.13. The number of nitrogens with one attached hydrogen (secondary N) is 1. The SMILES string of the molecule is CCC(=O)C1(C(=O)CC)CCC(C(O)c2cccc(Cl)c2)N1. The molecule has 120 valence electrons. The van der Waals surface area contributed by atoms with Crippen molar-refractivity contribution in [1.29, 1.82) is 0 Å². The van der Waals surface area contributed by atoms with Gasteiger partial charge in [-0.15, -0.1) is 0 Å². The van der Waals surface area contributed by atoms with E-state index in [2.05, 4.69) is 5.32 Å². The number of hydrogen-bond acceptors (Lipinski definition) is 4. The number of ketones is 2. The van der Waals surface area contributed by atoms with Crippen LogP contribution >= 0.6 is 11.6 Å². The van der Waals surface area contributed by atoms with Crippen molar-refractivity contribution in [3.8, 4) is 0 Å². The molecule has 2 atom stereocenters. The zero-order chi connectivity index (χ0) is 16.3. The van der Waals surface area contributed by atoms with Crippen LogP contribution in [0.15, 0.2) is 24.3 Å². The molecule has 22 heavy (non-hydrogen) atoms. The Morgan fingerprint density at radius 3 is 2.55 bits per heavy atom. The van der Waals surface area contributed by atoms with Gasteiger partial charge in [-0.05, 0) is 30.5 Å². The summed E-state index contributed by atoms with van der Waals surface area (Å²) in [5.41, 5.74) is -0.443. The van der Waals surface area contributed by atoms with Crippen LogP contribution < -0.4 is 5.32 Å². The van der Waals surface area contributed by atoms with E-state index < -0.39 is 11.6 Å². The molecule has 0 radical (unpaired) electrons. The van der Waals surface area contributed by atoms with E-state index in [0.29, 0.717) is 36.3 Å². The number of benzene rings is 1.